The van der Waals surface area contributed by atoms with Gasteiger partial charge in [0, 0.05) is 32.1 Å². The second-order valence-corrected chi connectivity index (χ2v) is 4.27. The smallest absolute Gasteiger partial charge is 0.222 e. The highest BCUT2D eigenvalue weighted by Gasteiger charge is 2.23. The molecule has 14 heavy (non-hydrogen) atoms. The van der Waals surface area contributed by atoms with E-state index in [2.05, 4.69) is 25.8 Å². The lowest BCUT2D eigenvalue weighted by Gasteiger charge is -2.37. The predicted octanol–water partition coefficient (Wildman–Crippen LogP) is 1.34. The van der Waals surface area contributed by atoms with Crippen LogP contribution in [0.3, 0.4) is 0 Å². The van der Waals surface area contributed by atoms with Gasteiger partial charge in [0.15, 0.2) is 0 Å². The number of carbonyl (C=O) groups is 1. The molecule has 0 aromatic carbocycles. The van der Waals surface area contributed by atoms with Gasteiger partial charge in [-0.15, -0.1) is 0 Å². The zero-order valence-electron chi connectivity index (χ0n) is 9.62. The molecule has 0 bridgehead atoms. The van der Waals surface area contributed by atoms with Gasteiger partial charge in [0.25, 0.3) is 0 Å². The van der Waals surface area contributed by atoms with E-state index in [1.165, 1.54) is 0 Å². The molecule has 1 rings (SSSR count). The number of hydrogen-bond acceptors (Lipinski definition) is 2. The topological polar surface area (TPSA) is 23.6 Å². The Morgan fingerprint density at radius 1 is 1.43 bits per heavy atom. The molecular weight excluding hydrogens is 176 g/mol. The van der Waals surface area contributed by atoms with Crippen molar-refractivity contribution in [1.29, 1.82) is 0 Å². The van der Waals surface area contributed by atoms with E-state index in [4.69, 9.17) is 0 Å². The minimum atomic E-state index is 0.340. The van der Waals surface area contributed by atoms with Crippen LogP contribution in [0.2, 0.25) is 0 Å². The number of nitrogens with zero attached hydrogens (tertiary/aromatic N) is 2. The van der Waals surface area contributed by atoms with Crippen LogP contribution in [0.5, 0.6) is 0 Å². The van der Waals surface area contributed by atoms with Crippen LogP contribution < -0.4 is 0 Å². The molecule has 3 nitrogen and oxygen atoms in total. The van der Waals surface area contributed by atoms with E-state index in [0.717, 1.165) is 38.9 Å². The standard InChI is InChI=1S/C11H22N2O/c1-4-5-6-11(14)13-8-7-12(3)10(2)9-13/h10H,4-9H2,1-3H3. The number of amides is 1. The van der Waals surface area contributed by atoms with Crippen molar-refractivity contribution in [2.45, 2.75) is 39.2 Å². The third-order valence-electron chi connectivity index (χ3n) is 3.06. The first-order chi connectivity index (χ1) is 6.65. The Morgan fingerprint density at radius 2 is 2.14 bits per heavy atom. The van der Waals surface area contributed by atoms with E-state index in [1.54, 1.807) is 0 Å². The van der Waals surface area contributed by atoms with E-state index >= 15 is 0 Å². The molecule has 1 amide bonds. The molecule has 82 valence electrons. The van der Waals surface area contributed by atoms with Gasteiger partial charge < -0.3 is 9.80 Å². The van der Waals surface area contributed by atoms with E-state index in [-0.39, 0.29) is 0 Å². The van der Waals surface area contributed by atoms with Gasteiger partial charge in [-0.25, -0.2) is 0 Å². The van der Waals surface area contributed by atoms with E-state index < -0.39 is 0 Å². The summed E-state index contributed by atoms with van der Waals surface area (Å²) >= 11 is 0. The molecule has 1 unspecified atom stereocenters. The molecule has 0 N–H and O–H groups in total. The quantitative estimate of drug-likeness (QED) is 0.683. The minimum Gasteiger partial charge on any atom is -0.340 e. The molecule has 3 heteroatoms. The highest BCUT2D eigenvalue weighted by atomic mass is 16.2. The first-order valence-electron chi connectivity index (χ1n) is 5.63. The third-order valence-corrected chi connectivity index (χ3v) is 3.06. The monoisotopic (exact) mass is 198 g/mol. The SMILES string of the molecule is CCCCC(=O)N1CCN(C)C(C)C1. The number of unbranched alkanes of at least 4 members (excludes halogenated alkanes) is 1. The lowest BCUT2D eigenvalue weighted by atomic mass is 10.1. The summed E-state index contributed by atoms with van der Waals surface area (Å²) in [5.74, 6) is 0.340. The highest BCUT2D eigenvalue weighted by Crippen LogP contribution is 2.09. The molecule has 0 aromatic rings. The molecule has 0 aliphatic carbocycles. The molecule has 0 aromatic heterocycles. The molecule has 1 fully saturated rings. The first kappa shape index (κ1) is 11.5. The van der Waals surface area contributed by atoms with Gasteiger partial charge in [-0.2, -0.15) is 0 Å². The molecule has 1 atom stereocenters. The molecule has 1 heterocycles. The number of rotatable bonds is 3. The van der Waals surface area contributed by atoms with Crippen LogP contribution in [0.4, 0.5) is 0 Å². The molecule has 1 saturated heterocycles. The van der Waals surface area contributed by atoms with Crippen molar-refractivity contribution in [2.75, 3.05) is 26.7 Å². The summed E-state index contributed by atoms with van der Waals surface area (Å²) in [6, 6.07) is 0.509. The van der Waals surface area contributed by atoms with E-state index in [0.29, 0.717) is 11.9 Å². The maximum Gasteiger partial charge on any atom is 0.222 e. The van der Waals surface area contributed by atoms with Crippen LogP contribution in [0.1, 0.15) is 33.1 Å². The molecule has 1 aliphatic heterocycles. The third kappa shape index (κ3) is 2.98. The van der Waals surface area contributed by atoms with Gasteiger partial charge in [0.05, 0.1) is 0 Å². The molecular formula is C11H22N2O. The Balaban J connectivity index is 2.34. The second-order valence-electron chi connectivity index (χ2n) is 4.27. The second kappa shape index (κ2) is 5.35. The Morgan fingerprint density at radius 3 is 2.71 bits per heavy atom. The van der Waals surface area contributed by atoms with Crippen molar-refractivity contribution < 1.29 is 4.79 Å². The summed E-state index contributed by atoms with van der Waals surface area (Å²) in [4.78, 5) is 16.0. The zero-order chi connectivity index (χ0) is 10.6. The van der Waals surface area contributed by atoms with Crippen molar-refractivity contribution in [1.82, 2.24) is 9.80 Å². The summed E-state index contributed by atoms with van der Waals surface area (Å²) in [6.45, 7) is 7.13. The molecule has 0 spiro atoms. The zero-order valence-corrected chi connectivity index (χ0v) is 9.62. The number of hydrogen-bond donors (Lipinski definition) is 0. The van der Waals surface area contributed by atoms with Crippen LogP contribution >= 0.6 is 0 Å². The maximum atomic E-state index is 11.7. The summed E-state index contributed by atoms with van der Waals surface area (Å²) in [6.07, 6.45) is 2.86. The first-order valence-corrected chi connectivity index (χ1v) is 5.63. The Kier molecular flexibility index (Phi) is 4.39. The normalized spacial score (nSPS) is 23.9. The summed E-state index contributed by atoms with van der Waals surface area (Å²) in [7, 11) is 2.12. The fraction of sp³-hybridized carbons (Fsp3) is 0.909. The van der Waals surface area contributed by atoms with Gasteiger partial charge in [-0.1, -0.05) is 13.3 Å². The van der Waals surface area contributed by atoms with Gasteiger partial charge in [-0.3, -0.25) is 4.79 Å². The minimum absolute atomic E-state index is 0.340. The van der Waals surface area contributed by atoms with Crippen molar-refractivity contribution >= 4 is 5.91 Å². The number of likely N-dealkylation sites (N-methyl/N-ethyl adjacent to an activating group) is 1. The molecule has 0 radical (unpaired) electrons. The largest absolute Gasteiger partial charge is 0.340 e. The van der Waals surface area contributed by atoms with E-state index in [9.17, 15) is 4.79 Å². The van der Waals surface area contributed by atoms with Crippen molar-refractivity contribution in [2.24, 2.45) is 0 Å². The Hall–Kier alpha value is -0.570. The van der Waals surface area contributed by atoms with Gasteiger partial charge in [-0.05, 0) is 20.4 Å². The summed E-state index contributed by atoms with van der Waals surface area (Å²) < 4.78 is 0. The average molecular weight is 198 g/mol. The molecule has 1 aliphatic rings. The number of carbonyl (C=O) groups excluding carboxylic acids is 1. The molecule has 0 saturated carbocycles. The van der Waals surface area contributed by atoms with Gasteiger partial charge in [0.2, 0.25) is 5.91 Å². The average Bonchev–Trinajstić information content (AvgIpc) is 2.18. The predicted molar refractivity (Wildman–Crippen MR) is 58.2 cm³/mol. The highest BCUT2D eigenvalue weighted by molar-refractivity contribution is 5.76. The van der Waals surface area contributed by atoms with Crippen LogP contribution in [0, 0.1) is 0 Å². The van der Waals surface area contributed by atoms with Crippen LogP contribution in [-0.2, 0) is 4.79 Å². The van der Waals surface area contributed by atoms with Crippen molar-refractivity contribution in [3.05, 3.63) is 0 Å². The summed E-state index contributed by atoms with van der Waals surface area (Å²) in [5, 5.41) is 0. The van der Waals surface area contributed by atoms with Crippen LogP contribution in [0.25, 0.3) is 0 Å². The lowest BCUT2D eigenvalue weighted by molar-refractivity contribution is -0.133. The van der Waals surface area contributed by atoms with Crippen LogP contribution in [-0.4, -0.2) is 48.4 Å². The Labute approximate surface area is 87.1 Å². The maximum absolute atomic E-state index is 11.7. The lowest BCUT2D eigenvalue weighted by Crippen LogP contribution is -2.51. The number of piperazine rings is 1. The fourth-order valence-corrected chi connectivity index (χ4v) is 1.76. The fourth-order valence-electron chi connectivity index (χ4n) is 1.76. The van der Waals surface area contributed by atoms with Gasteiger partial charge >= 0.3 is 0 Å². The Bertz CT molecular complexity index is 194. The van der Waals surface area contributed by atoms with Crippen molar-refractivity contribution in [3.63, 3.8) is 0 Å². The van der Waals surface area contributed by atoms with Crippen molar-refractivity contribution in [3.8, 4) is 0 Å². The summed E-state index contributed by atoms with van der Waals surface area (Å²) in [5.41, 5.74) is 0. The van der Waals surface area contributed by atoms with E-state index in [1.807, 2.05) is 4.90 Å². The van der Waals surface area contributed by atoms with Crippen LogP contribution in [0.15, 0.2) is 0 Å². The van der Waals surface area contributed by atoms with Gasteiger partial charge in [0.1, 0.15) is 0 Å².